The minimum atomic E-state index is -0.343. The molecule has 5 rings (SSSR count). The number of hydrogen-bond donors (Lipinski definition) is 0. The first-order chi connectivity index (χ1) is 13.2. The second kappa shape index (κ2) is 6.45. The third-order valence-corrected chi connectivity index (χ3v) is 6.51. The van der Waals surface area contributed by atoms with Gasteiger partial charge in [-0.1, -0.05) is 36.4 Å². The molecule has 2 aromatic carbocycles. The van der Waals surface area contributed by atoms with Crippen molar-refractivity contribution in [3.8, 4) is 0 Å². The lowest BCUT2D eigenvalue weighted by atomic mass is 9.87. The molecule has 0 aromatic heterocycles. The monoisotopic (exact) mass is 365 g/mol. The number of hydrogen-bond acceptors (Lipinski definition) is 2. The van der Waals surface area contributed by atoms with E-state index in [4.69, 9.17) is 4.74 Å². The van der Waals surface area contributed by atoms with Gasteiger partial charge in [-0.15, -0.1) is 0 Å². The minimum absolute atomic E-state index is 0.0781. The number of rotatable bonds is 2. The summed E-state index contributed by atoms with van der Waals surface area (Å²) in [5, 5.41) is 0. The molecular formula is C23H24FNO2. The highest BCUT2D eigenvalue weighted by Crippen LogP contribution is 2.52. The molecule has 0 radical (unpaired) electrons. The van der Waals surface area contributed by atoms with Crippen LogP contribution in [0.5, 0.6) is 0 Å². The average Bonchev–Trinajstić information content (AvgIpc) is 3.47. The van der Waals surface area contributed by atoms with E-state index < -0.39 is 0 Å². The number of halogens is 1. The first-order valence-electron chi connectivity index (χ1n) is 9.91. The Kier molecular flexibility index (Phi) is 4.05. The van der Waals surface area contributed by atoms with E-state index in [-0.39, 0.29) is 23.9 Å². The van der Waals surface area contributed by atoms with Crippen molar-refractivity contribution in [2.24, 2.45) is 5.41 Å². The third kappa shape index (κ3) is 3.06. The molecular weight excluding hydrogens is 341 g/mol. The first kappa shape index (κ1) is 16.9. The lowest BCUT2D eigenvalue weighted by Crippen LogP contribution is -2.48. The Bertz CT molecular complexity index is 849. The van der Waals surface area contributed by atoms with Gasteiger partial charge in [0, 0.05) is 6.54 Å². The van der Waals surface area contributed by atoms with Gasteiger partial charge in [0.05, 0.1) is 12.6 Å². The quantitative estimate of drug-likeness (QED) is 0.796. The van der Waals surface area contributed by atoms with Crippen molar-refractivity contribution in [3.63, 3.8) is 0 Å². The van der Waals surface area contributed by atoms with E-state index in [0.29, 0.717) is 12.0 Å². The maximum absolute atomic E-state index is 13.5. The average molecular weight is 365 g/mol. The summed E-state index contributed by atoms with van der Waals surface area (Å²) in [5.74, 6) is -0.180. The predicted octanol–water partition coefficient (Wildman–Crippen LogP) is 4.26. The number of fused-ring (bicyclic) bond motifs is 1. The predicted molar refractivity (Wildman–Crippen MR) is 101 cm³/mol. The van der Waals surface area contributed by atoms with Crippen LogP contribution < -0.4 is 0 Å². The number of carbonyl (C=O) groups is 1. The summed E-state index contributed by atoms with van der Waals surface area (Å²) in [7, 11) is 0. The fourth-order valence-corrected chi connectivity index (χ4v) is 4.63. The minimum Gasteiger partial charge on any atom is -0.368 e. The van der Waals surface area contributed by atoms with Gasteiger partial charge in [-0.05, 0) is 66.3 Å². The molecule has 1 amide bonds. The van der Waals surface area contributed by atoms with E-state index in [9.17, 15) is 9.18 Å². The van der Waals surface area contributed by atoms with Gasteiger partial charge in [-0.25, -0.2) is 4.39 Å². The number of nitrogens with zero attached hydrogens (tertiary/aromatic N) is 1. The summed E-state index contributed by atoms with van der Waals surface area (Å²) in [4.78, 5) is 15.3. The van der Waals surface area contributed by atoms with Crippen LogP contribution in [-0.4, -0.2) is 30.1 Å². The molecule has 2 aliphatic heterocycles. The number of ether oxygens (including phenoxy) is 1. The lowest BCUT2D eigenvalue weighted by Gasteiger charge is -2.40. The van der Waals surface area contributed by atoms with Crippen molar-refractivity contribution >= 4 is 5.91 Å². The van der Waals surface area contributed by atoms with E-state index in [1.54, 1.807) is 12.1 Å². The SMILES string of the molecule is O=C([C@H]1CCC2(CC2)CO1)N1CCc2ccccc2[C@@H]1c1ccc(F)cc1. The summed E-state index contributed by atoms with van der Waals surface area (Å²) in [6.07, 6.45) is 4.88. The van der Waals surface area contributed by atoms with Crippen LogP contribution >= 0.6 is 0 Å². The maximum Gasteiger partial charge on any atom is 0.252 e. The van der Waals surface area contributed by atoms with Gasteiger partial charge in [0.2, 0.25) is 0 Å². The standard InChI is InChI=1S/C23H24FNO2/c24-18-7-5-17(6-8-18)21-19-4-2-1-3-16(19)10-14-25(21)22(26)20-9-11-23(12-13-23)15-27-20/h1-8,20-21H,9-15H2/t20-,21+/m1/s1. The van der Waals surface area contributed by atoms with Crippen LogP contribution in [0.1, 0.15) is 48.4 Å². The molecule has 140 valence electrons. The molecule has 2 heterocycles. The second-order valence-electron chi connectivity index (χ2n) is 8.27. The van der Waals surface area contributed by atoms with Crippen molar-refractivity contribution in [3.05, 3.63) is 71.0 Å². The molecule has 3 aliphatic rings. The van der Waals surface area contributed by atoms with Crippen LogP contribution in [-0.2, 0) is 16.0 Å². The van der Waals surface area contributed by atoms with E-state index in [1.165, 1.54) is 30.5 Å². The van der Waals surface area contributed by atoms with Gasteiger partial charge in [0.1, 0.15) is 11.9 Å². The summed E-state index contributed by atoms with van der Waals surface area (Å²) < 4.78 is 19.5. The fraction of sp³-hybridized carbons (Fsp3) is 0.435. The van der Waals surface area contributed by atoms with E-state index in [1.807, 2.05) is 17.0 Å². The van der Waals surface area contributed by atoms with Gasteiger partial charge < -0.3 is 9.64 Å². The number of benzene rings is 2. The Morgan fingerprint density at radius 1 is 1.07 bits per heavy atom. The molecule has 2 atom stereocenters. The van der Waals surface area contributed by atoms with Crippen LogP contribution in [0.4, 0.5) is 4.39 Å². The summed E-state index contributed by atoms with van der Waals surface area (Å²) in [6, 6.07) is 14.6. The van der Waals surface area contributed by atoms with Gasteiger partial charge in [-0.2, -0.15) is 0 Å². The largest absolute Gasteiger partial charge is 0.368 e. The highest BCUT2D eigenvalue weighted by molar-refractivity contribution is 5.82. The molecule has 3 nitrogen and oxygen atoms in total. The zero-order valence-corrected chi connectivity index (χ0v) is 15.4. The smallest absolute Gasteiger partial charge is 0.252 e. The van der Waals surface area contributed by atoms with Gasteiger partial charge in [-0.3, -0.25) is 4.79 Å². The summed E-state index contributed by atoms with van der Waals surface area (Å²) in [5.41, 5.74) is 3.73. The van der Waals surface area contributed by atoms with Crippen LogP contribution in [0.2, 0.25) is 0 Å². The molecule has 1 spiro atoms. The third-order valence-electron chi connectivity index (χ3n) is 6.51. The van der Waals surface area contributed by atoms with Crippen LogP contribution in [0.3, 0.4) is 0 Å². The fourth-order valence-electron chi connectivity index (χ4n) is 4.63. The Balaban J connectivity index is 1.46. The van der Waals surface area contributed by atoms with Crippen molar-refractivity contribution in [2.75, 3.05) is 13.2 Å². The van der Waals surface area contributed by atoms with E-state index >= 15 is 0 Å². The van der Waals surface area contributed by atoms with Crippen LogP contribution in [0.15, 0.2) is 48.5 Å². The van der Waals surface area contributed by atoms with Crippen molar-refractivity contribution in [1.29, 1.82) is 0 Å². The van der Waals surface area contributed by atoms with Crippen molar-refractivity contribution in [2.45, 2.75) is 44.2 Å². The molecule has 2 fully saturated rings. The van der Waals surface area contributed by atoms with Crippen LogP contribution in [0.25, 0.3) is 0 Å². The zero-order valence-electron chi connectivity index (χ0n) is 15.4. The van der Waals surface area contributed by atoms with E-state index in [2.05, 4.69) is 12.1 Å². The normalized spacial score (nSPS) is 25.9. The van der Waals surface area contributed by atoms with Crippen LogP contribution in [0, 0.1) is 11.2 Å². The first-order valence-corrected chi connectivity index (χ1v) is 9.91. The van der Waals surface area contributed by atoms with Crippen molar-refractivity contribution in [1.82, 2.24) is 4.90 Å². The molecule has 0 unspecified atom stereocenters. The summed E-state index contributed by atoms with van der Waals surface area (Å²) >= 11 is 0. The van der Waals surface area contributed by atoms with Gasteiger partial charge in [0.15, 0.2) is 0 Å². The number of amides is 1. The van der Waals surface area contributed by atoms with Gasteiger partial charge in [0.25, 0.3) is 5.91 Å². The second-order valence-corrected chi connectivity index (χ2v) is 8.27. The molecule has 1 saturated heterocycles. The zero-order chi connectivity index (χ0) is 18.4. The topological polar surface area (TPSA) is 29.5 Å². The molecule has 4 heteroatoms. The highest BCUT2D eigenvalue weighted by atomic mass is 19.1. The lowest BCUT2D eigenvalue weighted by molar-refractivity contribution is -0.151. The molecule has 0 N–H and O–H groups in total. The molecule has 1 aliphatic carbocycles. The molecule has 1 saturated carbocycles. The Hall–Kier alpha value is -2.20. The Labute approximate surface area is 159 Å². The molecule has 27 heavy (non-hydrogen) atoms. The summed E-state index contributed by atoms with van der Waals surface area (Å²) in [6.45, 7) is 1.39. The highest BCUT2D eigenvalue weighted by Gasteiger charge is 2.48. The Morgan fingerprint density at radius 3 is 2.56 bits per heavy atom. The van der Waals surface area contributed by atoms with E-state index in [0.717, 1.165) is 37.0 Å². The number of carbonyl (C=O) groups excluding carboxylic acids is 1. The van der Waals surface area contributed by atoms with Gasteiger partial charge >= 0.3 is 0 Å². The van der Waals surface area contributed by atoms with Crippen molar-refractivity contribution < 1.29 is 13.9 Å². The Morgan fingerprint density at radius 2 is 1.85 bits per heavy atom. The molecule has 0 bridgehead atoms. The molecule has 2 aromatic rings. The maximum atomic E-state index is 13.5.